The molecule has 160 valence electrons. The Labute approximate surface area is 171 Å². The highest BCUT2D eigenvalue weighted by atomic mass is 16.6. The third-order valence-corrected chi connectivity index (χ3v) is 5.81. The van der Waals surface area contributed by atoms with Crippen LogP contribution in [0.25, 0.3) is 0 Å². The van der Waals surface area contributed by atoms with Crippen molar-refractivity contribution in [2.45, 2.75) is 25.4 Å². The van der Waals surface area contributed by atoms with Gasteiger partial charge in [-0.1, -0.05) is 0 Å². The zero-order chi connectivity index (χ0) is 21.2. The van der Waals surface area contributed by atoms with Crippen molar-refractivity contribution in [1.29, 1.82) is 0 Å². The van der Waals surface area contributed by atoms with Crippen molar-refractivity contribution in [2.75, 3.05) is 55.1 Å². The van der Waals surface area contributed by atoms with Crippen molar-refractivity contribution in [1.82, 2.24) is 9.80 Å². The Morgan fingerprint density at radius 2 is 1.72 bits per heavy atom. The molecule has 1 spiro atoms. The van der Waals surface area contributed by atoms with E-state index in [2.05, 4.69) is 0 Å². The van der Waals surface area contributed by atoms with Crippen LogP contribution in [-0.4, -0.2) is 82.8 Å². The van der Waals surface area contributed by atoms with E-state index in [1.165, 1.54) is 21.3 Å². The Kier molecular flexibility index (Phi) is 6.21. The monoisotopic (exact) mass is 406 g/mol. The summed E-state index contributed by atoms with van der Waals surface area (Å²) in [5, 5.41) is 0. The summed E-state index contributed by atoms with van der Waals surface area (Å²) in [6.07, 6.45) is 1.88. The molecule has 1 unspecified atom stereocenters. The van der Waals surface area contributed by atoms with Crippen molar-refractivity contribution in [2.24, 2.45) is 5.41 Å². The molecule has 2 aliphatic heterocycles. The number of hydrogen-bond donors (Lipinski definition) is 0. The number of rotatable bonds is 6. The molecule has 0 radical (unpaired) electrons. The largest absolute Gasteiger partial charge is 0.493 e. The quantitative estimate of drug-likeness (QED) is 0.667. The molecule has 0 N–H and O–H groups in total. The maximum atomic E-state index is 13.1. The van der Waals surface area contributed by atoms with Gasteiger partial charge in [-0.2, -0.15) is 0 Å². The lowest BCUT2D eigenvalue weighted by molar-refractivity contribution is -0.150. The fraction of sp³-hybridized carbons (Fsp3) is 0.619. The number of nitrogens with zero attached hydrogens (tertiary/aromatic N) is 2. The second-order valence-electron chi connectivity index (χ2n) is 7.98. The van der Waals surface area contributed by atoms with Crippen LogP contribution >= 0.6 is 0 Å². The van der Waals surface area contributed by atoms with Crippen LogP contribution in [0.1, 0.15) is 29.6 Å². The Balaban J connectivity index is 1.71. The molecule has 8 nitrogen and oxygen atoms in total. The number of benzene rings is 1. The van der Waals surface area contributed by atoms with Gasteiger partial charge in [-0.15, -0.1) is 0 Å². The highest BCUT2D eigenvalue weighted by Crippen LogP contribution is 2.44. The Bertz CT molecular complexity index is 745. The Hall–Kier alpha value is -2.48. The molecule has 8 heteroatoms. The number of piperidine rings is 1. The second-order valence-corrected chi connectivity index (χ2v) is 7.98. The zero-order valence-corrected chi connectivity index (χ0v) is 17.8. The van der Waals surface area contributed by atoms with Crippen LogP contribution in [0.5, 0.6) is 17.2 Å². The number of esters is 1. The summed E-state index contributed by atoms with van der Waals surface area (Å²) in [4.78, 5) is 29.4. The lowest BCUT2D eigenvalue weighted by atomic mass is 9.76. The molecule has 0 aromatic heterocycles. The normalized spacial score (nSPS) is 20.7. The minimum Gasteiger partial charge on any atom is -0.493 e. The smallest absolute Gasteiger partial charge is 0.312 e. The number of ether oxygens (including phenoxy) is 4. The molecule has 1 atom stereocenters. The number of carbonyl (C=O) groups is 2. The SMILES string of the molecule is COc1cc(C(=O)N2CCC3(CC2)CC(CN(C)C)OC3=O)cc(OC)c1OC. The van der Waals surface area contributed by atoms with Gasteiger partial charge in [-0.3, -0.25) is 9.59 Å². The van der Waals surface area contributed by atoms with Crippen molar-refractivity contribution < 1.29 is 28.5 Å². The van der Waals surface area contributed by atoms with Gasteiger partial charge in [0.2, 0.25) is 5.75 Å². The van der Waals surface area contributed by atoms with E-state index in [-0.39, 0.29) is 18.0 Å². The van der Waals surface area contributed by atoms with E-state index < -0.39 is 5.41 Å². The second kappa shape index (κ2) is 8.49. The molecule has 1 aromatic carbocycles. The first-order chi connectivity index (χ1) is 13.8. The fourth-order valence-corrected chi connectivity index (χ4v) is 4.28. The van der Waals surface area contributed by atoms with Gasteiger partial charge in [0, 0.05) is 31.6 Å². The molecule has 3 rings (SSSR count). The van der Waals surface area contributed by atoms with E-state index in [0.717, 1.165) is 13.0 Å². The third-order valence-electron chi connectivity index (χ3n) is 5.81. The van der Waals surface area contributed by atoms with E-state index in [4.69, 9.17) is 18.9 Å². The van der Waals surface area contributed by atoms with Crippen LogP contribution in [0.4, 0.5) is 0 Å². The highest BCUT2D eigenvalue weighted by molar-refractivity contribution is 5.96. The van der Waals surface area contributed by atoms with Crippen molar-refractivity contribution in [3.05, 3.63) is 17.7 Å². The maximum absolute atomic E-state index is 13.1. The first-order valence-electron chi connectivity index (χ1n) is 9.78. The lowest BCUT2D eigenvalue weighted by Gasteiger charge is -2.36. The topological polar surface area (TPSA) is 77.5 Å². The summed E-state index contributed by atoms with van der Waals surface area (Å²) in [6.45, 7) is 1.75. The molecule has 2 heterocycles. The number of carbonyl (C=O) groups excluding carboxylic acids is 2. The van der Waals surface area contributed by atoms with Crippen LogP contribution in [-0.2, 0) is 9.53 Å². The molecule has 2 fully saturated rings. The number of likely N-dealkylation sites (N-methyl/N-ethyl adjacent to an activating group) is 1. The molecule has 0 bridgehead atoms. The first-order valence-corrected chi connectivity index (χ1v) is 9.78. The number of hydrogen-bond acceptors (Lipinski definition) is 7. The molecule has 0 aliphatic carbocycles. The summed E-state index contributed by atoms with van der Waals surface area (Å²) in [6, 6.07) is 3.32. The molecule has 1 aromatic rings. The Morgan fingerprint density at radius 3 is 2.21 bits per heavy atom. The summed E-state index contributed by atoms with van der Waals surface area (Å²) >= 11 is 0. The molecule has 2 saturated heterocycles. The van der Waals surface area contributed by atoms with Crippen molar-refractivity contribution >= 4 is 11.9 Å². The maximum Gasteiger partial charge on any atom is 0.312 e. The summed E-state index contributed by atoms with van der Waals surface area (Å²) in [7, 11) is 8.50. The van der Waals surface area contributed by atoms with E-state index in [1.54, 1.807) is 17.0 Å². The van der Waals surface area contributed by atoms with Gasteiger partial charge < -0.3 is 28.7 Å². The molecule has 2 aliphatic rings. The van der Waals surface area contributed by atoms with Gasteiger partial charge in [-0.25, -0.2) is 0 Å². The number of methoxy groups -OCH3 is 3. The van der Waals surface area contributed by atoms with E-state index in [9.17, 15) is 9.59 Å². The third kappa shape index (κ3) is 4.12. The average molecular weight is 406 g/mol. The van der Waals surface area contributed by atoms with Crippen LogP contribution in [0, 0.1) is 5.41 Å². The van der Waals surface area contributed by atoms with Crippen molar-refractivity contribution in [3.8, 4) is 17.2 Å². The van der Waals surface area contributed by atoms with Gasteiger partial charge in [0.15, 0.2) is 11.5 Å². The van der Waals surface area contributed by atoms with Gasteiger partial charge in [0.25, 0.3) is 5.91 Å². The number of cyclic esters (lactones) is 1. The van der Waals surface area contributed by atoms with E-state index in [0.29, 0.717) is 48.7 Å². The van der Waals surface area contributed by atoms with Gasteiger partial charge >= 0.3 is 5.97 Å². The minimum absolute atomic E-state index is 0.0742. The van der Waals surface area contributed by atoms with Gasteiger partial charge in [0.1, 0.15) is 6.10 Å². The predicted octanol–water partition coefficient (Wildman–Crippen LogP) is 1.81. The fourth-order valence-electron chi connectivity index (χ4n) is 4.28. The number of amides is 1. The zero-order valence-electron chi connectivity index (χ0n) is 17.8. The van der Waals surface area contributed by atoms with E-state index in [1.807, 2.05) is 19.0 Å². The average Bonchev–Trinajstić information content (AvgIpc) is 3.00. The van der Waals surface area contributed by atoms with Gasteiger partial charge in [0.05, 0.1) is 26.7 Å². The lowest BCUT2D eigenvalue weighted by Crippen LogP contribution is -2.45. The van der Waals surface area contributed by atoms with E-state index >= 15 is 0 Å². The Morgan fingerprint density at radius 1 is 1.14 bits per heavy atom. The van der Waals surface area contributed by atoms with Gasteiger partial charge in [-0.05, 0) is 39.1 Å². The van der Waals surface area contributed by atoms with Crippen LogP contribution < -0.4 is 14.2 Å². The van der Waals surface area contributed by atoms with Crippen LogP contribution in [0.2, 0.25) is 0 Å². The van der Waals surface area contributed by atoms with Crippen LogP contribution in [0.3, 0.4) is 0 Å². The molecular formula is C21H30N2O6. The molecule has 0 saturated carbocycles. The summed E-state index contributed by atoms with van der Waals surface area (Å²) in [5.41, 5.74) is 0.00200. The number of likely N-dealkylation sites (tertiary alicyclic amines) is 1. The minimum atomic E-state index is -0.466. The molecule has 29 heavy (non-hydrogen) atoms. The molecule has 1 amide bonds. The summed E-state index contributed by atoms with van der Waals surface area (Å²) < 4.78 is 21.6. The molecular weight excluding hydrogens is 376 g/mol. The standard InChI is InChI=1S/C21H30N2O6/c1-22(2)13-15-12-21(20(25)29-15)6-8-23(9-7-21)19(24)14-10-16(26-3)18(28-5)17(11-14)27-4/h10-11,15H,6-9,12-13H2,1-5H3. The summed E-state index contributed by atoms with van der Waals surface area (Å²) in [5.74, 6) is 1.09. The highest BCUT2D eigenvalue weighted by Gasteiger charge is 2.50. The van der Waals surface area contributed by atoms with Crippen molar-refractivity contribution in [3.63, 3.8) is 0 Å². The first kappa shape index (κ1) is 21.2. The predicted molar refractivity (Wildman–Crippen MR) is 107 cm³/mol. The van der Waals surface area contributed by atoms with Crippen LogP contribution in [0.15, 0.2) is 12.1 Å².